The Bertz CT molecular complexity index is 737. The smallest absolute Gasteiger partial charge is 0.244 e. The van der Waals surface area contributed by atoms with E-state index in [2.05, 4.69) is 38.2 Å². The van der Waals surface area contributed by atoms with Crippen LogP contribution in [0.1, 0.15) is 44.4 Å². The molecule has 0 bridgehead atoms. The molecule has 0 aliphatic carbocycles. The van der Waals surface area contributed by atoms with Gasteiger partial charge in [0.2, 0.25) is 5.91 Å². The molecule has 0 heterocycles. The van der Waals surface area contributed by atoms with Gasteiger partial charge in [-0.05, 0) is 48.6 Å². The van der Waals surface area contributed by atoms with Crippen molar-refractivity contribution in [2.45, 2.75) is 46.1 Å². The Morgan fingerprint density at radius 2 is 1.69 bits per heavy atom. The van der Waals surface area contributed by atoms with Gasteiger partial charge in [0.25, 0.3) is 0 Å². The summed E-state index contributed by atoms with van der Waals surface area (Å²) in [6, 6.07) is 16.1. The van der Waals surface area contributed by atoms with Gasteiger partial charge in [-0.3, -0.25) is 4.79 Å². The highest BCUT2D eigenvalue weighted by Crippen LogP contribution is 2.22. The topological polar surface area (TPSA) is 38.3 Å². The Labute approximate surface area is 157 Å². The second kappa shape index (κ2) is 8.70. The average Bonchev–Trinajstić information content (AvgIpc) is 2.59. The largest absolute Gasteiger partial charge is 0.491 e. The van der Waals surface area contributed by atoms with Gasteiger partial charge in [-0.25, -0.2) is 0 Å². The highest BCUT2D eigenvalue weighted by atomic mass is 16.5. The summed E-state index contributed by atoms with van der Waals surface area (Å²) in [7, 11) is 0. The molecule has 2 aromatic carbocycles. The molecule has 2 rings (SSSR count). The lowest BCUT2D eigenvalue weighted by Crippen LogP contribution is -2.35. The summed E-state index contributed by atoms with van der Waals surface area (Å²) in [5, 5.41) is 2.92. The molecule has 0 spiro atoms. The molecular formula is C23H29NO2. The zero-order valence-electron chi connectivity index (χ0n) is 16.4. The summed E-state index contributed by atoms with van der Waals surface area (Å²) in [5.74, 6) is 0.691. The van der Waals surface area contributed by atoms with Gasteiger partial charge >= 0.3 is 0 Å². The van der Waals surface area contributed by atoms with Crippen molar-refractivity contribution >= 4 is 12.0 Å². The highest BCUT2D eigenvalue weighted by Gasteiger charge is 2.12. The SMILES string of the molecule is Cc1ccc(OC[C@H](C)NC(=O)/C=C/c2ccc(C(C)(C)C)cc2)cc1. The lowest BCUT2D eigenvalue weighted by atomic mass is 9.87. The van der Waals surface area contributed by atoms with Crippen molar-refractivity contribution in [1.29, 1.82) is 0 Å². The molecule has 0 aromatic heterocycles. The Morgan fingerprint density at radius 3 is 2.27 bits per heavy atom. The minimum absolute atomic E-state index is 0.0725. The van der Waals surface area contributed by atoms with Gasteiger partial charge in [0.05, 0.1) is 6.04 Å². The van der Waals surface area contributed by atoms with Crippen LogP contribution in [0.25, 0.3) is 6.08 Å². The molecule has 0 unspecified atom stereocenters. The van der Waals surface area contributed by atoms with E-state index >= 15 is 0 Å². The lowest BCUT2D eigenvalue weighted by Gasteiger charge is -2.18. The summed E-state index contributed by atoms with van der Waals surface area (Å²) in [6.45, 7) is 11.0. The second-order valence-electron chi connectivity index (χ2n) is 7.74. The third-order valence-corrected chi connectivity index (χ3v) is 4.11. The number of hydrogen-bond acceptors (Lipinski definition) is 2. The number of ether oxygens (including phenoxy) is 1. The van der Waals surface area contributed by atoms with E-state index in [1.54, 1.807) is 6.08 Å². The molecule has 1 atom stereocenters. The number of nitrogens with one attached hydrogen (secondary N) is 1. The number of carbonyl (C=O) groups is 1. The minimum atomic E-state index is -0.120. The van der Waals surface area contributed by atoms with Crippen molar-refractivity contribution < 1.29 is 9.53 Å². The van der Waals surface area contributed by atoms with Gasteiger partial charge in [0.1, 0.15) is 12.4 Å². The van der Waals surface area contributed by atoms with Crippen LogP contribution in [0.15, 0.2) is 54.6 Å². The summed E-state index contributed by atoms with van der Waals surface area (Å²) in [6.07, 6.45) is 3.39. The predicted octanol–water partition coefficient (Wildman–Crippen LogP) is 4.89. The fraction of sp³-hybridized carbons (Fsp3) is 0.348. The zero-order chi connectivity index (χ0) is 19.2. The van der Waals surface area contributed by atoms with Crippen LogP contribution in [-0.2, 0) is 10.2 Å². The molecule has 26 heavy (non-hydrogen) atoms. The number of hydrogen-bond donors (Lipinski definition) is 1. The lowest BCUT2D eigenvalue weighted by molar-refractivity contribution is -0.117. The van der Waals surface area contributed by atoms with Crippen molar-refractivity contribution in [3.8, 4) is 5.75 Å². The molecule has 0 aliphatic rings. The standard InChI is InChI=1S/C23H29NO2/c1-17-6-13-21(14-7-17)26-16-18(2)24-22(25)15-10-19-8-11-20(12-9-19)23(3,4)5/h6-15,18H,16H2,1-5H3,(H,24,25)/b15-10+/t18-/m0/s1. The summed E-state index contributed by atoms with van der Waals surface area (Å²) < 4.78 is 5.69. The molecule has 0 radical (unpaired) electrons. The molecule has 0 saturated carbocycles. The third-order valence-electron chi connectivity index (χ3n) is 4.11. The molecule has 0 aliphatic heterocycles. The van der Waals surface area contributed by atoms with Crippen molar-refractivity contribution in [2.75, 3.05) is 6.61 Å². The Hall–Kier alpha value is -2.55. The van der Waals surface area contributed by atoms with Gasteiger partial charge in [-0.2, -0.15) is 0 Å². The summed E-state index contributed by atoms with van der Waals surface area (Å²) in [5.41, 5.74) is 3.61. The van der Waals surface area contributed by atoms with E-state index in [-0.39, 0.29) is 17.4 Å². The van der Waals surface area contributed by atoms with Crippen molar-refractivity contribution in [3.63, 3.8) is 0 Å². The number of carbonyl (C=O) groups excluding carboxylic acids is 1. The van der Waals surface area contributed by atoms with Crippen LogP contribution in [0.2, 0.25) is 0 Å². The maximum absolute atomic E-state index is 12.1. The molecule has 0 saturated heterocycles. The maximum Gasteiger partial charge on any atom is 0.244 e. The molecule has 1 N–H and O–H groups in total. The van der Waals surface area contributed by atoms with E-state index in [0.29, 0.717) is 6.61 Å². The molecular weight excluding hydrogens is 322 g/mol. The van der Waals surface area contributed by atoms with Gasteiger partial charge in [0, 0.05) is 6.08 Å². The van der Waals surface area contributed by atoms with Crippen LogP contribution in [0, 0.1) is 6.92 Å². The van der Waals surface area contributed by atoms with Crippen LogP contribution in [0.5, 0.6) is 5.75 Å². The van der Waals surface area contributed by atoms with Crippen LogP contribution < -0.4 is 10.1 Å². The van der Waals surface area contributed by atoms with Gasteiger partial charge in [0.15, 0.2) is 0 Å². The fourth-order valence-electron chi connectivity index (χ4n) is 2.45. The van der Waals surface area contributed by atoms with Crippen molar-refractivity contribution in [1.82, 2.24) is 5.32 Å². The fourth-order valence-corrected chi connectivity index (χ4v) is 2.45. The van der Waals surface area contributed by atoms with Crippen LogP contribution >= 0.6 is 0 Å². The van der Waals surface area contributed by atoms with Gasteiger partial charge in [-0.1, -0.05) is 62.7 Å². The number of aryl methyl sites for hydroxylation is 1. The molecule has 138 valence electrons. The Balaban J connectivity index is 1.81. The first-order chi connectivity index (χ1) is 12.2. The molecule has 1 amide bonds. The summed E-state index contributed by atoms with van der Waals surface area (Å²) >= 11 is 0. The average molecular weight is 351 g/mol. The second-order valence-corrected chi connectivity index (χ2v) is 7.74. The Morgan fingerprint density at radius 1 is 1.08 bits per heavy atom. The molecule has 0 fully saturated rings. The third kappa shape index (κ3) is 6.40. The minimum Gasteiger partial charge on any atom is -0.491 e. The van der Waals surface area contributed by atoms with E-state index in [1.807, 2.05) is 56.3 Å². The van der Waals surface area contributed by atoms with Gasteiger partial charge < -0.3 is 10.1 Å². The molecule has 2 aromatic rings. The number of rotatable bonds is 6. The first-order valence-corrected chi connectivity index (χ1v) is 9.02. The van der Waals surface area contributed by atoms with E-state index in [4.69, 9.17) is 4.74 Å². The van der Waals surface area contributed by atoms with Crippen LogP contribution in [0.3, 0.4) is 0 Å². The van der Waals surface area contributed by atoms with E-state index in [9.17, 15) is 4.79 Å². The molecule has 3 heteroatoms. The number of amides is 1. The Kier molecular flexibility index (Phi) is 6.62. The van der Waals surface area contributed by atoms with Gasteiger partial charge in [-0.15, -0.1) is 0 Å². The van der Waals surface area contributed by atoms with Crippen molar-refractivity contribution in [2.24, 2.45) is 0 Å². The quantitative estimate of drug-likeness (QED) is 0.753. The molecule has 3 nitrogen and oxygen atoms in total. The van der Waals surface area contributed by atoms with E-state index in [1.165, 1.54) is 11.1 Å². The first kappa shape index (κ1) is 19.8. The number of benzene rings is 2. The predicted molar refractivity (Wildman–Crippen MR) is 108 cm³/mol. The van der Waals surface area contributed by atoms with Crippen molar-refractivity contribution in [3.05, 3.63) is 71.3 Å². The van der Waals surface area contributed by atoms with Crippen LogP contribution in [-0.4, -0.2) is 18.6 Å². The monoisotopic (exact) mass is 351 g/mol. The zero-order valence-corrected chi connectivity index (χ0v) is 16.4. The first-order valence-electron chi connectivity index (χ1n) is 9.02. The normalized spacial score (nSPS) is 12.8. The van der Waals surface area contributed by atoms with Crippen LogP contribution in [0.4, 0.5) is 0 Å². The van der Waals surface area contributed by atoms with E-state index < -0.39 is 0 Å². The highest BCUT2D eigenvalue weighted by molar-refractivity contribution is 5.91. The maximum atomic E-state index is 12.1. The van der Waals surface area contributed by atoms with E-state index in [0.717, 1.165) is 11.3 Å². The summed E-state index contributed by atoms with van der Waals surface area (Å²) in [4.78, 5) is 12.1.